The van der Waals surface area contributed by atoms with E-state index in [0.717, 1.165) is 46.4 Å². The lowest BCUT2D eigenvalue weighted by Gasteiger charge is -2.32. The summed E-state index contributed by atoms with van der Waals surface area (Å²) < 4.78 is 7.68. The number of carbonyl (C=O) groups excluding carboxylic acids is 3. The number of fused-ring (bicyclic) bond motifs is 2. The maximum absolute atomic E-state index is 13.4. The fourth-order valence-electron chi connectivity index (χ4n) is 5.55. The Morgan fingerprint density at radius 3 is 2.62 bits per heavy atom. The van der Waals surface area contributed by atoms with Gasteiger partial charge in [-0.3, -0.25) is 9.59 Å². The van der Waals surface area contributed by atoms with E-state index in [1.54, 1.807) is 17.0 Å². The van der Waals surface area contributed by atoms with Gasteiger partial charge < -0.3 is 31.3 Å². The van der Waals surface area contributed by atoms with Gasteiger partial charge in [-0.15, -0.1) is 0 Å². The van der Waals surface area contributed by atoms with E-state index in [9.17, 15) is 14.4 Å². The molecule has 4 heterocycles. The van der Waals surface area contributed by atoms with Crippen LogP contribution in [0.1, 0.15) is 60.8 Å². The number of carbonyl (C=O) groups is 3. The summed E-state index contributed by atoms with van der Waals surface area (Å²) in [4.78, 5) is 43.3. The van der Waals surface area contributed by atoms with Gasteiger partial charge in [0.05, 0.1) is 29.4 Å². The highest BCUT2D eigenvalue weighted by Crippen LogP contribution is 2.36. The maximum atomic E-state index is 13.4. The zero-order valence-electron chi connectivity index (χ0n) is 23.2. The number of hydrogen-bond donors (Lipinski definition) is 4. The lowest BCUT2D eigenvalue weighted by atomic mass is 10.0. The van der Waals surface area contributed by atoms with Crippen LogP contribution in [0.25, 0.3) is 11.0 Å². The Kier molecular flexibility index (Phi) is 7.76. The molecule has 1 fully saturated rings. The minimum Gasteiger partial charge on any atom is -0.492 e. The predicted octanol–water partition coefficient (Wildman–Crippen LogP) is 2.79. The molecule has 4 amide bonds. The summed E-state index contributed by atoms with van der Waals surface area (Å²) in [6.45, 7) is 8.09. The van der Waals surface area contributed by atoms with Gasteiger partial charge >= 0.3 is 6.03 Å². The van der Waals surface area contributed by atoms with Crippen molar-refractivity contribution in [2.75, 3.05) is 30.3 Å². The molecule has 2 aliphatic rings. The molecule has 2 aliphatic heterocycles. The minimum atomic E-state index is -0.397. The number of aromatic nitrogens is 3. The van der Waals surface area contributed by atoms with Crippen LogP contribution < -0.4 is 26.4 Å². The largest absolute Gasteiger partial charge is 0.492 e. The summed E-state index contributed by atoms with van der Waals surface area (Å²) >= 11 is 0. The van der Waals surface area contributed by atoms with Crippen LogP contribution in [0.2, 0.25) is 0 Å². The fourth-order valence-corrected chi connectivity index (χ4v) is 5.55. The quantitative estimate of drug-likeness (QED) is 0.337. The van der Waals surface area contributed by atoms with E-state index < -0.39 is 6.03 Å². The highest BCUT2D eigenvalue weighted by molar-refractivity contribution is 6.00. The molecular weight excluding hydrogens is 512 g/mol. The molecule has 1 aromatic carbocycles. The molecule has 1 saturated heterocycles. The van der Waals surface area contributed by atoms with Gasteiger partial charge in [-0.2, -0.15) is 5.10 Å². The first-order valence-electron chi connectivity index (χ1n) is 13.8. The van der Waals surface area contributed by atoms with Crippen molar-refractivity contribution in [2.45, 2.75) is 65.6 Å². The van der Waals surface area contributed by atoms with Crippen molar-refractivity contribution in [3.8, 4) is 5.75 Å². The van der Waals surface area contributed by atoms with E-state index in [-0.39, 0.29) is 24.4 Å². The van der Waals surface area contributed by atoms with Crippen molar-refractivity contribution in [1.82, 2.24) is 25.0 Å². The van der Waals surface area contributed by atoms with Crippen molar-refractivity contribution in [3.63, 3.8) is 0 Å². The van der Waals surface area contributed by atoms with Crippen LogP contribution in [-0.4, -0.2) is 63.2 Å². The smallest absolute Gasteiger partial charge is 0.314 e. The van der Waals surface area contributed by atoms with Crippen molar-refractivity contribution in [1.29, 1.82) is 0 Å². The average molecular weight is 549 g/mol. The number of piperidine rings is 1. The first-order chi connectivity index (χ1) is 19.3. The number of benzene rings is 1. The third-order valence-corrected chi connectivity index (χ3v) is 7.60. The lowest BCUT2D eigenvalue weighted by Crippen LogP contribution is -2.44. The van der Waals surface area contributed by atoms with Gasteiger partial charge in [0.1, 0.15) is 5.75 Å². The number of nitrogens with one attached hydrogen (secondary N) is 3. The number of likely N-dealkylation sites (tertiary alicyclic amines) is 1. The second kappa shape index (κ2) is 11.4. The third-order valence-electron chi connectivity index (χ3n) is 7.60. The normalized spacial score (nSPS) is 15.0. The minimum absolute atomic E-state index is 0.128. The molecule has 0 radical (unpaired) electrons. The van der Waals surface area contributed by atoms with Gasteiger partial charge in [-0.1, -0.05) is 6.92 Å². The number of urea groups is 1. The molecule has 5 rings (SSSR count). The van der Waals surface area contributed by atoms with E-state index in [4.69, 9.17) is 15.5 Å². The number of hydrogen-bond acceptors (Lipinski definition) is 7. The predicted molar refractivity (Wildman–Crippen MR) is 151 cm³/mol. The highest BCUT2D eigenvalue weighted by atomic mass is 16.5. The van der Waals surface area contributed by atoms with Crippen LogP contribution in [0.4, 0.5) is 16.2 Å². The Hall–Kier alpha value is -4.35. The van der Waals surface area contributed by atoms with Gasteiger partial charge in [0.2, 0.25) is 5.91 Å². The molecule has 0 bridgehead atoms. The highest BCUT2D eigenvalue weighted by Gasteiger charge is 2.27. The average Bonchev–Trinajstić information content (AvgIpc) is 3.60. The number of amides is 4. The summed E-state index contributed by atoms with van der Waals surface area (Å²) in [5, 5.41) is 15.0. The molecule has 0 aliphatic carbocycles. The van der Waals surface area contributed by atoms with Crippen LogP contribution in [0.5, 0.6) is 5.75 Å². The summed E-state index contributed by atoms with van der Waals surface area (Å²) in [5.74, 6) is 0.0736. The standard InChI is InChI=1S/C28H36N8O4/c1-4-22-20(14-30-27(38)19-6-7-23(32-16(3)37)18-10-13-40-25(18)19)24(21-15-31-36(5-2)26(21)34-22)33-17-8-11-35(12-9-17)28(29)39/h6-7,15,17H,4-5,8-14H2,1-3H3,(H2,29,39)(H,30,38)(H,32,37)(H,33,34). The molecule has 0 saturated carbocycles. The van der Waals surface area contributed by atoms with Crippen LogP contribution in [0.3, 0.4) is 0 Å². The summed E-state index contributed by atoms with van der Waals surface area (Å²) in [6, 6.07) is 3.16. The Morgan fingerprint density at radius 2 is 1.95 bits per heavy atom. The number of primary amides is 1. The second-order valence-electron chi connectivity index (χ2n) is 10.1. The number of nitrogens with two attached hydrogens (primary N) is 1. The molecule has 12 heteroatoms. The fraction of sp³-hybridized carbons (Fsp3) is 0.464. The molecular formula is C28H36N8O4. The van der Waals surface area contributed by atoms with Crippen molar-refractivity contribution in [2.24, 2.45) is 5.73 Å². The monoisotopic (exact) mass is 548 g/mol. The number of pyridine rings is 1. The van der Waals surface area contributed by atoms with Crippen LogP contribution >= 0.6 is 0 Å². The Bertz CT molecular complexity index is 1460. The van der Waals surface area contributed by atoms with E-state index in [1.807, 2.05) is 24.7 Å². The Morgan fingerprint density at radius 1 is 1.18 bits per heavy atom. The molecule has 3 aromatic rings. The molecule has 0 unspecified atom stereocenters. The first-order valence-corrected chi connectivity index (χ1v) is 13.8. The molecule has 12 nitrogen and oxygen atoms in total. The third kappa shape index (κ3) is 5.25. The van der Waals surface area contributed by atoms with Gasteiger partial charge in [0, 0.05) is 68.1 Å². The maximum Gasteiger partial charge on any atom is 0.314 e. The van der Waals surface area contributed by atoms with Crippen molar-refractivity contribution < 1.29 is 19.1 Å². The van der Waals surface area contributed by atoms with E-state index in [2.05, 4.69) is 21.0 Å². The molecule has 0 atom stereocenters. The van der Waals surface area contributed by atoms with Gasteiger partial charge in [0.15, 0.2) is 5.65 Å². The summed E-state index contributed by atoms with van der Waals surface area (Å²) in [5.41, 5.74) is 10.9. The van der Waals surface area contributed by atoms with Crippen LogP contribution in [0.15, 0.2) is 18.3 Å². The number of rotatable bonds is 8. The number of aryl methyl sites for hydroxylation is 2. The van der Waals surface area contributed by atoms with E-state index >= 15 is 0 Å². The van der Waals surface area contributed by atoms with Crippen molar-refractivity contribution >= 4 is 40.3 Å². The van der Waals surface area contributed by atoms with Crippen LogP contribution in [0, 0.1) is 0 Å². The Balaban J connectivity index is 1.44. The van der Waals surface area contributed by atoms with Gasteiger partial charge in [-0.25, -0.2) is 14.5 Å². The molecule has 212 valence electrons. The second-order valence-corrected chi connectivity index (χ2v) is 10.1. The molecule has 40 heavy (non-hydrogen) atoms. The van der Waals surface area contributed by atoms with Gasteiger partial charge in [-0.05, 0) is 38.3 Å². The first kappa shape index (κ1) is 27.2. The Labute approximate surface area is 232 Å². The van der Waals surface area contributed by atoms with E-state index in [0.29, 0.717) is 56.1 Å². The summed E-state index contributed by atoms with van der Waals surface area (Å²) in [6.07, 6.45) is 4.63. The zero-order valence-corrected chi connectivity index (χ0v) is 23.2. The number of nitrogens with zero attached hydrogens (tertiary/aromatic N) is 4. The molecule has 5 N–H and O–H groups in total. The molecule has 0 spiro atoms. The van der Waals surface area contributed by atoms with Gasteiger partial charge in [0.25, 0.3) is 5.91 Å². The zero-order chi connectivity index (χ0) is 28.4. The summed E-state index contributed by atoms with van der Waals surface area (Å²) in [7, 11) is 0. The topological polar surface area (TPSA) is 156 Å². The molecule has 2 aromatic heterocycles. The number of ether oxygens (including phenoxy) is 1. The number of anilines is 2. The van der Waals surface area contributed by atoms with Crippen LogP contribution in [-0.2, 0) is 30.7 Å². The van der Waals surface area contributed by atoms with Crippen molar-refractivity contribution in [3.05, 3.63) is 40.7 Å². The SMILES string of the molecule is CCc1nc2c(cnn2CC)c(NC2CCN(C(N)=O)CC2)c1CNC(=O)c1ccc(NC(C)=O)c2c1OCC2. The lowest BCUT2D eigenvalue weighted by molar-refractivity contribution is -0.114. The van der Waals surface area contributed by atoms with E-state index in [1.165, 1.54) is 6.92 Å².